The molecule has 166 valence electrons. The Morgan fingerprint density at radius 2 is 1.63 bits per heavy atom. The number of hydrogen-bond acceptors (Lipinski definition) is 6. The molecule has 1 saturated heterocycles. The fraction of sp³-hybridized carbons (Fsp3) is 0.526. The first kappa shape index (κ1) is 23.8. The molecular formula is C19H29N5O5S. The highest BCUT2D eigenvalue weighted by atomic mass is 32.2. The summed E-state index contributed by atoms with van der Waals surface area (Å²) in [6.07, 6.45) is 0. The van der Waals surface area contributed by atoms with E-state index in [1.807, 2.05) is 4.90 Å². The Bertz CT molecular complexity index is 906. The molecule has 0 bridgehead atoms. The third-order valence-corrected chi connectivity index (χ3v) is 7.08. The molecule has 11 heteroatoms. The molecule has 3 N–H and O–H groups in total. The number of sulfonamides is 1. The zero-order valence-electron chi connectivity index (χ0n) is 17.7. The fourth-order valence-electron chi connectivity index (χ4n) is 3.14. The van der Waals surface area contributed by atoms with Crippen molar-refractivity contribution in [3.63, 3.8) is 0 Å². The molecule has 1 aromatic carbocycles. The first-order chi connectivity index (χ1) is 13.9. The lowest BCUT2D eigenvalue weighted by molar-refractivity contribution is -0.136. The summed E-state index contributed by atoms with van der Waals surface area (Å²) in [4.78, 5) is 38.8. The van der Waals surface area contributed by atoms with Crippen LogP contribution in [-0.4, -0.2) is 85.6 Å². The summed E-state index contributed by atoms with van der Waals surface area (Å²) in [6, 6.07) is 5.74. The fourth-order valence-corrected chi connectivity index (χ4v) is 4.26. The van der Waals surface area contributed by atoms with Gasteiger partial charge in [0.15, 0.2) is 0 Å². The second-order valence-corrected chi connectivity index (χ2v) is 9.80. The summed E-state index contributed by atoms with van der Waals surface area (Å²) in [5, 5.41) is 2.57. The van der Waals surface area contributed by atoms with Crippen LogP contribution in [0.4, 0.5) is 5.69 Å². The normalized spacial score (nSPS) is 15.8. The molecule has 1 aliphatic heterocycles. The molecule has 1 fully saturated rings. The van der Waals surface area contributed by atoms with Crippen molar-refractivity contribution in [1.29, 1.82) is 0 Å². The van der Waals surface area contributed by atoms with Crippen LogP contribution in [0, 0.1) is 0 Å². The third-order valence-electron chi connectivity index (χ3n) is 5.27. The Morgan fingerprint density at radius 1 is 1.10 bits per heavy atom. The maximum atomic E-state index is 12.8. The Labute approximate surface area is 177 Å². The lowest BCUT2D eigenvalue weighted by Gasteiger charge is -2.42. The van der Waals surface area contributed by atoms with Gasteiger partial charge in [0.1, 0.15) is 0 Å². The number of benzene rings is 1. The van der Waals surface area contributed by atoms with Gasteiger partial charge >= 0.3 is 0 Å². The molecular weight excluding hydrogens is 410 g/mol. The van der Waals surface area contributed by atoms with Gasteiger partial charge in [0.25, 0.3) is 0 Å². The van der Waals surface area contributed by atoms with Crippen molar-refractivity contribution in [2.45, 2.75) is 31.2 Å². The zero-order valence-corrected chi connectivity index (χ0v) is 18.5. The molecule has 0 spiro atoms. The van der Waals surface area contributed by atoms with Crippen LogP contribution in [0.2, 0.25) is 0 Å². The van der Waals surface area contributed by atoms with Gasteiger partial charge in [-0.3, -0.25) is 19.3 Å². The number of anilines is 1. The number of nitrogens with two attached hydrogens (primary N) is 1. The largest absolute Gasteiger partial charge is 0.368 e. The highest BCUT2D eigenvalue weighted by molar-refractivity contribution is 7.89. The standard InChI is InChI=1S/C19H29N5O5S/c1-14(25)21-15-5-7-16(8-6-15)30(28,29)22(4)13-17(26)23-9-11-24(12-10-23)19(2,3)18(20)27/h5-8H,9-13H2,1-4H3,(H2,20,27)(H,21,25). The van der Waals surface area contributed by atoms with E-state index >= 15 is 0 Å². The highest BCUT2D eigenvalue weighted by Crippen LogP contribution is 2.19. The minimum atomic E-state index is -3.86. The summed E-state index contributed by atoms with van der Waals surface area (Å²) < 4.78 is 26.5. The molecule has 0 aliphatic carbocycles. The number of nitrogens with zero attached hydrogens (tertiary/aromatic N) is 3. The lowest BCUT2D eigenvalue weighted by Crippen LogP contribution is -2.60. The summed E-state index contributed by atoms with van der Waals surface area (Å²) in [5.74, 6) is -1.00. The predicted molar refractivity (Wildman–Crippen MR) is 112 cm³/mol. The molecule has 30 heavy (non-hydrogen) atoms. The topological polar surface area (TPSA) is 133 Å². The van der Waals surface area contributed by atoms with E-state index in [1.165, 1.54) is 38.2 Å². The second-order valence-electron chi connectivity index (χ2n) is 7.76. The van der Waals surface area contributed by atoms with Gasteiger partial charge in [0.2, 0.25) is 27.7 Å². The van der Waals surface area contributed by atoms with Crippen LogP contribution in [0.1, 0.15) is 20.8 Å². The number of likely N-dealkylation sites (N-methyl/N-ethyl adjacent to an activating group) is 1. The second kappa shape index (κ2) is 9.11. The summed E-state index contributed by atoms with van der Waals surface area (Å²) in [5.41, 5.74) is 5.12. The molecule has 0 aromatic heterocycles. The van der Waals surface area contributed by atoms with E-state index in [1.54, 1.807) is 18.7 Å². The lowest BCUT2D eigenvalue weighted by atomic mass is 10.0. The number of nitrogens with one attached hydrogen (secondary N) is 1. The Kier molecular flexibility index (Phi) is 7.22. The van der Waals surface area contributed by atoms with Crippen molar-refractivity contribution in [3.8, 4) is 0 Å². The van der Waals surface area contributed by atoms with Crippen LogP contribution in [0.5, 0.6) is 0 Å². The monoisotopic (exact) mass is 439 g/mol. The summed E-state index contributed by atoms with van der Waals surface area (Å²) in [7, 11) is -2.51. The molecule has 0 atom stereocenters. The van der Waals surface area contributed by atoms with Crippen molar-refractivity contribution in [3.05, 3.63) is 24.3 Å². The maximum Gasteiger partial charge on any atom is 0.243 e. The first-order valence-corrected chi connectivity index (χ1v) is 11.0. The van der Waals surface area contributed by atoms with Gasteiger partial charge in [0.05, 0.1) is 17.0 Å². The van der Waals surface area contributed by atoms with E-state index in [9.17, 15) is 22.8 Å². The van der Waals surface area contributed by atoms with E-state index in [4.69, 9.17) is 5.73 Å². The Hall–Kier alpha value is -2.50. The van der Waals surface area contributed by atoms with Crippen LogP contribution in [-0.2, 0) is 24.4 Å². The van der Waals surface area contributed by atoms with Gasteiger partial charge in [-0.15, -0.1) is 0 Å². The Morgan fingerprint density at radius 3 is 2.10 bits per heavy atom. The number of carbonyl (C=O) groups is 3. The van der Waals surface area contributed by atoms with Crippen molar-refractivity contribution >= 4 is 33.4 Å². The quantitative estimate of drug-likeness (QED) is 0.598. The first-order valence-electron chi connectivity index (χ1n) is 9.52. The maximum absolute atomic E-state index is 12.8. The van der Waals surface area contributed by atoms with E-state index < -0.39 is 21.5 Å². The van der Waals surface area contributed by atoms with E-state index in [0.717, 1.165) is 4.31 Å². The van der Waals surface area contributed by atoms with Crippen molar-refractivity contribution < 1.29 is 22.8 Å². The minimum absolute atomic E-state index is 0.0277. The molecule has 0 unspecified atom stereocenters. The summed E-state index contributed by atoms with van der Waals surface area (Å²) in [6.45, 7) is 6.26. The number of rotatable bonds is 7. The number of carbonyl (C=O) groups excluding carboxylic acids is 3. The molecule has 1 aliphatic rings. The van der Waals surface area contributed by atoms with Gasteiger partial charge in [-0.25, -0.2) is 8.42 Å². The predicted octanol–water partition coefficient (Wildman–Crippen LogP) is -0.326. The molecule has 3 amide bonds. The number of amides is 3. The molecule has 1 aromatic rings. The number of primary amides is 1. The van der Waals surface area contributed by atoms with Crippen molar-refractivity contribution in [2.75, 3.05) is 45.1 Å². The molecule has 10 nitrogen and oxygen atoms in total. The molecule has 1 heterocycles. The van der Waals surface area contributed by atoms with Gasteiger partial charge in [-0.1, -0.05) is 0 Å². The third kappa shape index (κ3) is 5.35. The van der Waals surface area contributed by atoms with Gasteiger partial charge in [-0.2, -0.15) is 4.31 Å². The van der Waals surface area contributed by atoms with Crippen LogP contribution < -0.4 is 11.1 Å². The van der Waals surface area contributed by atoms with Crippen LogP contribution in [0.15, 0.2) is 29.2 Å². The number of piperazine rings is 1. The number of hydrogen-bond donors (Lipinski definition) is 2. The SMILES string of the molecule is CC(=O)Nc1ccc(S(=O)(=O)N(C)CC(=O)N2CCN(C(C)(C)C(N)=O)CC2)cc1. The highest BCUT2D eigenvalue weighted by Gasteiger charge is 2.36. The Balaban J connectivity index is 1.98. The summed E-state index contributed by atoms with van der Waals surface area (Å²) >= 11 is 0. The van der Waals surface area contributed by atoms with Gasteiger partial charge in [-0.05, 0) is 38.1 Å². The van der Waals surface area contributed by atoms with E-state index in [-0.39, 0.29) is 23.3 Å². The molecule has 2 rings (SSSR count). The van der Waals surface area contributed by atoms with Gasteiger partial charge in [0, 0.05) is 45.8 Å². The van der Waals surface area contributed by atoms with E-state index in [2.05, 4.69) is 5.32 Å². The van der Waals surface area contributed by atoms with Crippen LogP contribution in [0.25, 0.3) is 0 Å². The van der Waals surface area contributed by atoms with Crippen LogP contribution >= 0.6 is 0 Å². The minimum Gasteiger partial charge on any atom is -0.368 e. The van der Waals surface area contributed by atoms with Crippen molar-refractivity contribution in [1.82, 2.24) is 14.1 Å². The zero-order chi connectivity index (χ0) is 22.7. The van der Waals surface area contributed by atoms with Crippen LogP contribution in [0.3, 0.4) is 0 Å². The smallest absolute Gasteiger partial charge is 0.243 e. The molecule has 0 saturated carbocycles. The average molecular weight is 440 g/mol. The van der Waals surface area contributed by atoms with Gasteiger partial charge < -0.3 is 16.0 Å². The molecule has 0 radical (unpaired) electrons. The average Bonchev–Trinajstić information content (AvgIpc) is 2.67. The van der Waals surface area contributed by atoms with Crippen molar-refractivity contribution in [2.24, 2.45) is 5.73 Å². The van der Waals surface area contributed by atoms with E-state index in [0.29, 0.717) is 31.9 Å².